The summed E-state index contributed by atoms with van der Waals surface area (Å²) in [6, 6.07) is 13.8. The van der Waals surface area contributed by atoms with Gasteiger partial charge in [0.05, 0.1) is 6.21 Å². The van der Waals surface area contributed by atoms with Gasteiger partial charge in [-0.1, -0.05) is 24.3 Å². The van der Waals surface area contributed by atoms with Gasteiger partial charge in [0.25, 0.3) is 5.91 Å². The number of aromatic nitrogens is 1. The first-order valence-electron chi connectivity index (χ1n) is 8.75. The monoisotopic (exact) mass is 331 g/mol. The Hall–Kier alpha value is -2.88. The number of hydrazone groups is 1. The van der Waals surface area contributed by atoms with E-state index in [2.05, 4.69) is 15.5 Å². The molecule has 4 rings (SSSR count). The number of aromatic amines is 1. The van der Waals surface area contributed by atoms with Crippen molar-refractivity contribution >= 4 is 23.0 Å². The van der Waals surface area contributed by atoms with Gasteiger partial charge in [-0.25, -0.2) is 5.43 Å². The van der Waals surface area contributed by atoms with Crippen LogP contribution in [-0.2, 0) is 12.8 Å². The molecule has 0 saturated heterocycles. The summed E-state index contributed by atoms with van der Waals surface area (Å²) in [5, 5.41) is 5.27. The van der Waals surface area contributed by atoms with Gasteiger partial charge in [-0.15, -0.1) is 0 Å². The predicted molar refractivity (Wildman–Crippen MR) is 101 cm³/mol. The van der Waals surface area contributed by atoms with Gasteiger partial charge >= 0.3 is 0 Å². The second kappa shape index (κ2) is 6.55. The Bertz CT molecular complexity index is 968. The van der Waals surface area contributed by atoms with Crippen molar-refractivity contribution in [3.05, 3.63) is 70.4 Å². The number of hydrogen-bond donors (Lipinski definition) is 2. The molecule has 4 heteroatoms. The van der Waals surface area contributed by atoms with Gasteiger partial charge in [-0.2, -0.15) is 5.10 Å². The van der Waals surface area contributed by atoms with Gasteiger partial charge in [0.15, 0.2) is 0 Å². The van der Waals surface area contributed by atoms with Crippen molar-refractivity contribution in [2.24, 2.45) is 5.10 Å². The first kappa shape index (κ1) is 15.6. The quantitative estimate of drug-likeness (QED) is 0.550. The largest absolute Gasteiger partial charge is 0.358 e. The standard InChI is InChI=1S/C21H21N3O/c1-14-6-2-3-7-16(14)13-22-24-21(25)15-10-11-20-18(12-15)17-8-4-5-9-19(17)23-20/h2-3,6-7,10-13,23H,4-5,8-9H2,1H3,(H,24,25)/b22-13+. The number of H-pyrrole nitrogens is 1. The van der Waals surface area contributed by atoms with Crippen LogP contribution in [0.4, 0.5) is 0 Å². The maximum Gasteiger partial charge on any atom is 0.271 e. The molecule has 1 amide bonds. The van der Waals surface area contributed by atoms with Crippen LogP contribution in [0.5, 0.6) is 0 Å². The van der Waals surface area contributed by atoms with Crippen LogP contribution in [0.1, 0.15) is 45.6 Å². The molecule has 0 spiro atoms. The summed E-state index contributed by atoms with van der Waals surface area (Å²) in [5.74, 6) is -0.183. The predicted octanol–water partition coefficient (Wildman–Crippen LogP) is 4.12. The van der Waals surface area contributed by atoms with E-state index in [0.717, 1.165) is 29.5 Å². The molecule has 3 aromatic rings. The Morgan fingerprint density at radius 1 is 1.16 bits per heavy atom. The van der Waals surface area contributed by atoms with E-state index < -0.39 is 0 Å². The summed E-state index contributed by atoms with van der Waals surface area (Å²) in [7, 11) is 0. The topological polar surface area (TPSA) is 57.2 Å². The third-order valence-corrected chi connectivity index (χ3v) is 4.92. The lowest BCUT2D eigenvalue weighted by Gasteiger charge is -2.10. The number of fused-ring (bicyclic) bond motifs is 3. The highest BCUT2D eigenvalue weighted by Crippen LogP contribution is 2.29. The Morgan fingerprint density at radius 2 is 2.00 bits per heavy atom. The van der Waals surface area contributed by atoms with Crippen LogP contribution >= 0.6 is 0 Å². The summed E-state index contributed by atoms with van der Waals surface area (Å²) in [5.41, 5.74) is 9.22. The molecule has 1 aliphatic carbocycles. The van der Waals surface area contributed by atoms with Crippen LogP contribution in [0.25, 0.3) is 10.9 Å². The molecule has 0 unspecified atom stereocenters. The summed E-state index contributed by atoms with van der Waals surface area (Å²) in [6.45, 7) is 2.02. The summed E-state index contributed by atoms with van der Waals surface area (Å²) >= 11 is 0. The van der Waals surface area contributed by atoms with Crippen molar-refractivity contribution in [3.63, 3.8) is 0 Å². The summed E-state index contributed by atoms with van der Waals surface area (Å²) in [4.78, 5) is 15.9. The molecule has 4 nitrogen and oxygen atoms in total. The zero-order chi connectivity index (χ0) is 17.2. The third-order valence-electron chi connectivity index (χ3n) is 4.92. The van der Waals surface area contributed by atoms with Gasteiger partial charge in [-0.05, 0) is 67.5 Å². The fourth-order valence-corrected chi connectivity index (χ4v) is 3.50. The molecule has 0 atom stereocenters. The normalized spacial score (nSPS) is 14.0. The van der Waals surface area contributed by atoms with E-state index in [0.29, 0.717) is 5.56 Å². The lowest BCUT2D eigenvalue weighted by atomic mass is 9.95. The highest BCUT2D eigenvalue weighted by Gasteiger charge is 2.16. The van der Waals surface area contributed by atoms with E-state index in [-0.39, 0.29) is 5.91 Å². The molecule has 0 saturated carbocycles. The molecule has 1 heterocycles. The Balaban J connectivity index is 1.55. The van der Waals surface area contributed by atoms with Crippen LogP contribution in [0.15, 0.2) is 47.6 Å². The van der Waals surface area contributed by atoms with E-state index in [9.17, 15) is 4.79 Å². The molecule has 1 aromatic heterocycles. The molecule has 0 fully saturated rings. The smallest absolute Gasteiger partial charge is 0.271 e. The van der Waals surface area contributed by atoms with E-state index in [1.807, 2.05) is 49.4 Å². The SMILES string of the molecule is Cc1ccccc1/C=N/NC(=O)c1ccc2[nH]c3c(c2c1)CCCC3. The fourth-order valence-electron chi connectivity index (χ4n) is 3.50. The van der Waals surface area contributed by atoms with Crippen molar-refractivity contribution in [1.82, 2.24) is 10.4 Å². The molecule has 0 radical (unpaired) electrons. The molecule has 1 aliphatic rings. The molecule has 2 N–H and O–H groups in total. The minimum absolute atomic E-state index is 0.183. The van der Waals surface area contributed by atoms with Crippen molar-refractivity contribution in [2.75, 3.05) is 0 Å². The maximum atomic E-state index is 12.4. The molecule has 2 aromatic carbocycles. The molecule has 0 bridgehead atoms. The van der Waals surface area contributed by atoms with E-state index in [1.165, 1.54) is 29.5 Å². The Labute approximate surface area is 147 Å². The number of carbonyl (C=O) groups excluding carboxylic acids is 1. The minimum atomic E-state index is -0.183. The van der Waals surface area contributed by atoms with Gasteiger partial charge < -0.3 is 4.98 Å². The van der Waals surface area contributed by atoms with Gasteiger partial charge in [0, 0.05) is 22.2 Å². The molecular weight excluding hydrogens is 310 g/mol. The van der Waals surface area contributed by atoms with Crippen molar-refractivity contribution in [2.45, 2.75) is 32.6 Å². The number of carbonyl (C=O) groups is 1. The highest BCUT2D eigenvalue weighted by atomic mass is 16.2. The number of aryl methyl sites for hydroxylation is 3. The van der Waals surface area contributed by atoms with Crippen LogP contribution in [0.2, 0.25) is 0 Å². The maximum absolute atomic E-state index is 12.4. The van der Waals surface area contributed by atoms with E-state index >= 15 is 0 Å². The number of amides is 1. The Kier molecular flexibility index (Phi) is 4.10. The van der Waals surface area contributed by atoms with Crippen LogP contribution in [0, 0.1) is 6.92 Å². The van der Waals surface area contributed by atoms with Crippen LogP contribution < -0.4 is 5.43 Å². The lowest BCUT2D eigenvalue weighted by molar-refractivity contribution is 0.0955. The van der Waals surface area contributed by atoms with Gasteiger partial charge in [0.2, 0.25) is 0 Å². The second-order valence-electron chi connectivity index (χ2n) is 6.61. The lowest BCUT2D eigenvalue weighted by Crippen LogP contribution is -2.17. The number of hydrogen-bond acceptors (Lipinski definition) is 2. The minimum Gasteiger partial charge on any atom is -0.358 e. The van der Waals surface area contributed by atoms with Gasteiger partial charge in [0.1, 0.15) is 0 Å². The van der Waals surface area contributed by atoms with Crippen LogP contribution in [-0.4, -0.2) is 17.1 Å². The average molecular weight is 331 g/mol. The zero-order valence-electron chi connectivity index (χ0n) is 14.3. The van der Waals surface area contributed by atoms with Crippen LogP contribution in [0.3, 0.4) is 0 Å². The average Bonchev–Trinajstić information content (AvgIpc) is 3.01. The first-order chi connectivity index (χ1) is 12.2. The number of benzene rings is 2. The molecule has 25 heavy (non-hydrogen) atoms. The Morgan fingerprint density at radius 3 is 2.88 bits per heavy atom. The van der Waals surface area contributed by atoms with Crippen molar-refractivity contribution < 1.29 is 4.79 Å². The summed E-state index contributed by atoms with van der Waals surface area (Å²) < 4.78 is 0. The number of nitrogens with zero attached hydrogens (tertiary/aromatic N) is 1. The first-order valence-corrected chi connectivity index (χ1v) is 8.75. The third kappa shape index (κ3) is 3.07. The second-order valence-corrected chi connectivity index (χ2v) is 6.61. The van der Waals surface area contributed by atoms with Gasteiger partial charge in [-0.3, -0.25) is 4.79 Å². The number of nitrogens with one attached hydrogen (secondary N) is 2. The van der Waals surface area contributed by atoms with E-state index in [4.69, 9.17) is 0 Å². The van der Waals surface area contributed by atoms with Crippen molar-refractivity contribution in [3.8, 4) is 0 Å². The molecule has 0 aliphatic heterocycles. The highest BCUT2D eigenvalue weighted by molar-refractivity contribution is 5.99. The summed E-state index contributed by atoms with van der Waals surface area (Å²) in [6.07, 6.45) is 6.33. The zero-order valence-corrected chi connectivity index (χ0v) is 14.3. The fraction of sp³-hybridized carbons (Fsp3) is 0.238. The molecular formula is C21H21N3O. The number of rotatable bonds is 3. The van der Waals surface area contributed by atoms with Crippen molar-refractivity contribution in [1.29, 1.82) is 0 Å². The molecule has 126 valence electrons. The van der Waals surface area contributed by atoms with E-state index in [1.54, 1.807) is 6.21 Å².